The van der Waals surface area contributed by atoms with Crippen molar-refractivity contribution in [2.45, 2.75) is 0 Å². The van der Waals surface area contributed by atoms with Gasteiger partial charge in [-0.1, -0.05) is 29.8 Å². The summed E-state index contributed by atoms with van der Waals surface area (Å²) in [6, 6.07) is 14.2. The van der Waals surface area contributed by atoms with Gasteiger partial charge < -0.3 is 9.47 Å². The highest BCUT2D eigenvalue weighted by Crippen LogP contribution is 2.17. The summed E-state index contributed by atoms with van der Waals surface area (Å²) in [4.78, 5) is 11.6. The van der Waals surface area contributed by atoms with Crippen molar-refractivity contribution in [2.24, 2.45) is 5.10 Å². The minimum Gasteiger partial charge on any atom is -0.496 e. The zero-order valence-electron chi connectivity index (χ0n) is 12.0. The topological polar surface area (TPSA) is 59.9 Å². The number of ether oxygens (including phenoxy) is 2. The second-order valence-electron chi connectivity index (χ2n) is 4.28. The Balaban J connectivity index is 1.83. The van der Waals surface area contributed by atoms with Crippen molar-refractivity contribution in [3.05, 3.63) is 59.1 Å². The van der Waals surface area contributed by atoms with Crippen molar-refractivity contribution < 1.29 is 14.3 Å². The Morgan fingerprint density at radius 2 is 2.09 bits per heavy atom. The molecule has 2 rings (SSSR count). The second-order valence-corrected chi connectivity index (χ2v) is 4.72. The fourth-order valence-electron chi connectivity index (χ4n) is 1.68. The van der Waals surface area contributed by atoms with E-state index < -0.39 is 0 Å². The van der Waals surface area contributed by atoms with Gasteiger partial charge in [0.1, 0.15) is 11.5 Å². The van der Waals surface area contributed by atoms with E-state index in [0.29, 0.717) is 16.5 Å². The molecule has 0 aromatic heterocycles. The van der Waals surface area contributed by atoms with Gasteiger partial charge in [-0.15, -0.1) is 0 Å². The van der Waals surface area contributed by atoms with Crippen molar-refractivity contribution in [3.8, 4) is 11.5 Å². The van der Waals surface area contributed by atoms with Crippen LogP contribution in [0.1, 0.15) is 5.56 Å². The van der Waals surface area contributed by atoms with Crippen molar-refractivity contribution in [3.63, 3.8) is 0 Å². The molecule has 0 unspecified atom stereocenters. The molecule has 0 heterocycles. The second kappa shape index (κ2) is 8.05. The lowest BCUT2D eigenvalue weighted by Gasteiger charge is -2.05. The summed E-state index contributed by atoms with van der Waals surface area (Å²) in [5.74, 6) is 0.832. The maximum absolute atomic E-state index is 11.6. The predicted octanol–water partition coefficient (Wildman–Crippen LogP) is 2.88. The van der Waals surface area contributed by atoms with E-state index in [2.05, 4.69) is 10.5 Å². The Hall–Kier alpha value is -2.53. The van der Waals surface area contributed by atoms with E-state index in [1.807, 2.05) is 24.3 Å². The number of nitrogens with one attached hydrogen (secondary N) is 1. The van der Waals surface area contributed by atoms with Crippen molar-refractivity contribution in [1.82, 2.24) is 5.43 Å². The van der Waals surface area contributed by atoms with E-state index in [0.717, 1.165) is 5.56 Å². The third-order valence-corrected chi connectivity index (χ3v) is 2.93. The molecule has 0 aliphatic rings. The molecule has 5 nitrogen and oxygen atoms in total. The summed E-state index contributed by atoms with van der Waals surface area (Å²) in [5, 5.41) is 4.42. The highest BCUT2D eigenvalue weighted by molar-refractivity contribution is 6.30. The highest BCUT2D eigenvalue weighted by Gasteiger charge is 2.02. The van der Waals surface area contributed by atoms with Crippen LogP contribution in [0.25, 0.3) is 0 Å². The quantitative estimate of drug-likeness (QED) is 0.658. The number of nitrogens with zero attached hydrogens (tertiary/aromatic N) is 1. The third kappa shape index (κ3) is 4.79. The Bertz CT molecular complexity index is 674. The van der Waals surface area contributed by atoms with Gasteiger partial charge in [-0.25, -0.2) is 5.43 Å². The molecular weight excluding hydrogens is 304 g/mol. The zero-order chi connectivity index (χ0) is 15.8. The van der Waals surface area contributed by atoms with E-state index in [4.69, 9.17) is 21.1 Å². The summed E-state index contributed by atoms with van der Waals surface area (Å²) in [6.07, 6.45) is 1.51. The van der Waals surface area contributed by atoms with Crippen LogP contribution in [0.2, 0.25) is 5.02 Å². The molecule has 0 atom stereocenters. The number of hydrogen-bond donors (Lipinski definition) is 1. The minimum absolute atomic E-state index is 0.149. The fourth-order valence-corrected chi connectivity index (χ4v) is 1.87. The molecule has 6 heteroatoms. The maximum atomic E-state index is 11.6. The molecule has 0 saturated heterocycles. The van der Waals surface area contributed by atoms with Gasteiger partial charge in [-0.05, 0) is 30.3 Å². The first-order valence-corrected chi connectivity index (χ1v) is 6.90. The molecule has 0 fully saturated rings. The number of carbonyl (C=O) groups is 1. The van der Waals surface area contributed by atoms with Gasteiger partial charge in [-0.2, -0.15) is 5.10 Å². The zero-order valence-corrected chi connectivity index (χ0v) is 12.7. The SMILES string of the molecule is COc1ccccc1C=NNC(=O)COc1cccc(Cl)c1. The van der Waals surface area contributed by atoms with Crippen LogP contribution in [0.3, 0.4) is 0 Å². The number of benzene rings is 2. The highest BCUT2D eigenvalue weighted by atomic mass is 35.5. The number of rotatable bonds is 6. The predicted molar refractivity (Wildman–Crippen MR) is 85.7 cm³/mol. The maximum Gasteiger partial charge on any atom is 0.277 e. The fraction of sp³-hybridized carbons (Fsp3) is 0.125. The van der Waals surface area contributed by atoms with Crippen LogP contribution in [0, 0.1) is 0 Å². The largest absolute Gasteiger partial charge is 0.496 e. The van der Waals surface area contributed by atoms with Gasteiger partial charge in [0.25, 0.3) is 5.91 Å². The molecule has 0 bridgehead atoms. The van der Waals surface area contributed by atoms with Crippen LogP contribution < -0.4 is 14.9 Å². The van der Waals surface area contributed by atoms with E-state index in [-0.39, 0.29) is 12.5 Å². The smallest absolute Gasteiger partial charge is 0.277 e. The molecule has 2 aromatic carbocycles. The Kier molecular flexibility index (Phi) is 5.80. The first-order chi connectivity index (χ1) is 10.7. The molecule has 0 saturated carbocycles. The van der Waals surface area contributed by atoms with E-state index in [9.17, 15) is 4.79 Å². The molecule has 114 valence electrons. The number of carbonyl (C=O) groups excluding carboxylic acids is 1. The minimum atomic E-state index is -0.369. The molecule has 0 radical (unpaired) electrons. The molecule has 1 amide bonds. The molecule has 0 aliphatic heterocycles. The van der Waals surface area contributed by atoms with Crippen molar-refractivity contribution in [1.29, 1.82) is 0 Å². The number of hydrogen-bond acceptors (Lipinski definition) is 4. The van der Waals surface area contributed by atoms with Gasteiger partial charge in [0.15, 0.2) is 6.61 Å². The van der Waals surface area contributed by atoms with E-state index in [1.54, 1.807) is 31.4 Å². The normalized spacial score (nSPS) is 10.5. The number of para-hydroxylation sites is 1. The Morgan fingerprint density at radius 3 is 2.86 bits per heavy atom. The number of halogens is 1. The summed E-state index contributed by atoms with van der Waals surface area (Å²) in [6.45, 7) is -0.149. The average Bonchev–Trinajstić information content (AvgIpc) is 2.53. The van der Waals surface area contributed by atoms with Crippen LogP contribution in [-0.4, -0.2) is 25.8 Å². The molecule has 0 spiro atoms. The molecule has 0 aliphatic carbocycles. The summed E-state index contributed by atoms with van der Waals surface area (Å²) < 4.78 is 10.5. The van der Waals surface area contributed by atoms with Crippen LogP contribution in [0.5, 0.6) is 11.5 Å². The molecular formula is C16H15ClN2O3. The first-order valence-electron chi connectivity index (χ1n) is 6.52. The van der Waals surface area contributed by atoms with Gasteiger partial charge in [0, 0.05) is 10.6 Å². The lowest BCUT2D eigenvalue weighted by molar-refractivity contribution is -0.123. The monoisotopic (exact) mass is 318 g/mol. The van der Waals surface area contributed by atoms with Gasteiger partial charge in [-0.3, -0.25) is 4.79 Å². The van der Waals surface area contributed by atoms with Gasteiger partial charge >= 0.3 is 0 Å². The third-order valence-electron chi connectivity index (χ3n) is 2.70. The number of amides is 1. The van der Waals surface area contributed by atoms with E-state index >= 15 is 0 Å². The standard InChI is InChI=1S/C16H15ClN2O3/c1-21-15-8-3-2-5-12(15)10-18-19-16(20)11-22-14-7-4-6-13(17)9-14/h2-10H,11H2,1H3,(H,19,20). The lowest BCUT2D eigenvalue weighted by atomic mass is 10.2. The van der Waals surface area contributed by atoms with Crippen molar-refractivity contribution >= 4 is 23.7 Å². The number of hydrazone groups is 1. The number of methoxy groups -OCH3 is 1. The summed E-state index contributed by atoms with van der Waals surface area (Å²) in [5.41, 5.74) is 3.15. The Labute approximate surface area is 133 Å². The average molecular weight is 319 g/mol. The van der Waals surface area contributed by atoms with Crippen LogP contribution >= 0.6 is 11.6 Å². The van der Waals surface area contributed by atoms with Crippen LogP contribution in [0.15, 0.2) is 53.6 Å². The van der Waals surface area contributed by atoms with Gasteiger partial charge in [0.2, 0.25) is 0 Å². The van der Waals surface area contributed by atoms with Crippen molar-refractivity contribution in [2.75, 3.05) is 13.7 Å². The van der Waals surface area contributed by atoms with Crippen LogP contribution in [0.4, 0.5) is 0 Å². The molecule has 2 aromatic rings. The lowest BCUT2D eigenvalue weighted by Crippen LogP contribution is -2.24. The Morgan fingerprint density at radius 1 is 1.27 bits per heavy atom. The van der Waals surface area contributed by atoms with Crippen LogP contribution in [-0.2, 0) is 4.79 Å². The summed E-state index contributed by atoms with van der Waals surface area (Å²) in [7, 11) is 1.57. The van der Waals surface area contributed by atoms with Gasteiger partial charge in [0.05, 0.1) is 13.3 Å². The first kappa shape index (κ1) is 15.9. The van der Waals surface area contributed by atoms with E-state index in [1.165, 1.54) is 6.21 Å². The summed E-state index contributed by atoms with van der Waals surface area (Å²) >= 11 is 5.82. The molecule has 22 heavy (non-hydrogen) atoms. The molecule has 1 N–H and O–H groups in total.